The van der Waals surface area contributed by atoms with Gasteiger partial charge in [0.25, 0.3) is 0 Å². The van der Waals surface area contributed by atoms with E-state index in [2.05, 4.69) is 24.3 Å². The Balaban J connectivity index is 1.34. The normalized spacial score (nSPS) is 24.4. The number of carbonyl (C=O) groups excluding carboxylic acids is 2. The molecule has 2 bridgehead atoms. The predicted octanol–water partition coefficient (Wildman–Crippen LogP) is 4.14. The topological polar surface area (TPSA) is 55.8 Å². The van der Waals surface area contributed by atoms with E-state index in [-0.39, 0.29) is 35.5 Å². The highest BCUT2D eigenvalue weighted by molar-refractivity contribution is 6.07. The number of likely N-dealkylation sites (tertiary alicyclic amines) is 1. The van der Waals surface area contributed by atoms with E-state index in [1.54, 1.807) is 14.2 Å². The summed E-state index contributed by atoms with van der Waals surface area (Å²) in [7, 11) is 3.20. The fraction of sp³-hybridized carbons (Fsp3) is 0.286. The Morgan fingerprint density at radius 3 is 1.64 bits per heavy atom. The molecule has 0 unspecified atom stereocenters. The van der Waals surface area contributed by atoms with Gasteiger partial charge in [0.15, 0.2) is 11.5 Å². The molecule has 3 aliphatic carbocycles. The summed E-state index contributed by atoms with van der Waals surface area (Å²) in [5.74, 6) is 0.466. The van der Waals surface area contributed by atoms with E-state index in [1.165, 1.54) is 27.2 Å². The van der Waals surface area contributed by atoms with Crippen LogP contribution < -0.4 is 9.47 Å². The second-order valence-corrected chi connectivity index (χ2v) is 9.03. The van der Waals surface area contributed by atoms with Crippen molar-refractivity contribution in [1.29, 1.82) is 0 Å². The largest absolute Gasteiger partial charge is 0.493 e. The summed E-state index contributed by atoms with van der Waals surface area (Å²) in [6.07, 6.45) is 0.576. The van der Waals surface area contributed by atoms with E-state index >= 15 is 0 Å². The maximum absolute atomic E-state index is 13.7. The Hall–Kier alpha value is -3.60. The van der Waals surface area contributed by atoms with Gasteiger partial charge in [-0.3, -0.25) is 14.5 Å². The minimum atomic E-state index is -0.322. The van der Waals surface area contributed by atoms with E-state index in [0.717, 1.165) is 5.56 Å². The Morgan fingerprint density at radius 2 is 1.18 bits per heavy atom. The van der Waals surface area contributed by atoms with Crippen molar-refractivity contribution in [2.45, 2.75) is 18.3 Å². The fourth-order valence-corrected chi connectivity index (χ4v) is 6.24. The van der Waals surface area contributed by atoms with Gasteiger partial charge >= 0.3 is 0 Å². The molecule has 33 heavy (non-hydrogen) atoms. The van der Waals surface area contributed by atoms with Crippen LogP contribution in [0.3, 0.4) is 0 Å². The van der Waals surface area contributed by atoms with Gasteiger partial charge < -0.3 is 9.47 Å². The quantitative estimate of drug-likeness (QED) is 0.561. The lowest BCUT2D eigenvalue weighted by Gasteiger charge is -2.45. The predicted molar refractivity (Wildman–Crippen MR) is 124 cm³/mol. The van der Waals surface area contributed by atoms with E-state index in [4.69, 9.17) is 9.47 Å². The van der Waals surface area contributed by atoms with Crippen molar-refractivity contribution >= 4 is 11.8 Å². The van der Waals surface area contributed by atoms with Crippen LogP contribution in [0.1, 0.15) is 39.7 Å². The number of rotatable bonds is 5. The molecular weight excluding hydrogens is 414 g/mol. The van der Waals surface area contributed by atoms with Gasteiger partial charge in [-0.05, 0) is 46.4 Å². The molecule has 5 heteroatoms. The summed E-state index contributed by atoms with van der Waals surface area (Å²) in [6.45, 7) is 0.367. The number of carbonyl (C=O) groups is 2. The molecule has 1 aliphatic heterocycles. The van der Waals surface area contributed by atoms with Gasteiger partial charge in [-0.15, -0.1) is 0 Å². The third-order valence-corrected chi connectivity index (χ3v) is 7.61. The highest BCUT2D eigenvalue weighted by Crippen LogP contribution is 2.60. The molecule has 3 aromatic carbocycles. The summed E-state index contributed by atoms with van der Waals surface area (Å²) < 4.78 is 10.7. The fourth-order valence-electron chi connectivity index (χ4n) is 6.24. The maximum atomic E-state index is 13.7. The Morgan fingerprint density at radius 1 is 0.697 bits per heavy atom. The number of amides is 2. The van der Waals surface area contributed by atoms with Gasteiger partial charge in [-0.1, -0.05) is 54.6 Å². The minimum absolute atomic E-state index is 0.0375. The van der Waals surface area contributed by atoms with Crippen LogP contribution in [0.2, 0.25) is 0 Å². The van der Waals surface area contributed by atoms with E-state index in [0.29, 0.717) is 24.5 Å². The molecule has 0 spiro atoms. The number of benzene rings is 3. The van der Waals surface area contributed by atoms with E-state index in [1.807, 2.05) is 42.5 Å². The van der Waals surface area contributed by atoms with Crippen molar-refractivity contribution in [1.82, 2.24) is 4.90 Å². The van der Waals surface area contributed by atoms with Crippen molar-refractivity contribution in [3.63, 3.8) is 0 Å². The lowest BCUT2D eigenvalue weighted by atomic mass is 9.55. The number of hydrogen-bond donors (Lipinski definition) is 0. The molecule has 2 atom stereocenters. The number of hydrogen-bond acceptors (Lipinski definition) is 4. The van der Waals surface area contributed by atoms with Crippen LogP contribution >= 0.6 is 0 Å². The zero-order valence-corrected chi connectivity index (χ0v) is 18.7. The third-order valence-electron chi connectivity index (χ3n) is 7.61. The second kappa shape index (κ2) is 7.48. The smallest absolute Gasteiger partial charge is 0.234 e. The summed E-state index contributed by atoms with van der Waals surface area (Å²) in [6, 6.07) is 22.4. The second-order valence-electron chi connectivity index (χ2n) is 9.03. The SMILES string of the molecule is COc1ccc(CCN2C(=O)[C@H]3C4c5ccccc5C(c5ccccc54)[C@@H]3C2=O)cc1OC. The first-order chi connectivity index (χ1) is 16.1. The molecule has 166 valence electrons. The zero-order valence-electron chi connectivity index (χ0n) is 18.7. The van der Waals surface area contributed by atoms with Crippen molar-refractivity contribution in [2.75, 3.05) is 20.8 Å². The molecular formula is C28H25NO4. The van der Waals surface area contributed by atoms with Crippen LogP contribution in [-0.2, 0) is 16.0 Å². The van der Waals surface area contributed by atoms with Gasteiger partial charge in [-0.25, -0.2) is 0 Å². The number of methoxy groups -OCH3 is 2. The first kappa shape index (κ1) is 20.0. The van der Waals surface area contributed by atoms with Gasteiger partial charge in [0.2, 0.25) is 11.8 Å². The van der Waals surface area contributed by atoms with Gasteiger partial charge in [0, 0.05) is 18.4 Å². The number of imide groups is 1. The number of nitrogens with zero attached hydrogens (tertiary/aromatic N) is 1. The molecule has 2 amide bonds. The Labute approximate surface area is 192 Å². The van der Waals surface area contributed by atoms with Crippen molar-refractivity contribution in [3.8, 4) is 11.5 Å². The van der Waals surface area contributed by atoms with Crippen LogP contribution in [0.25, 0.3) is 0 Å². The molecule has 0 N–H and O–H groups in total. The average Bonchev–Trinajstić information content (AvgIpc) is 3.12. The van der Waals surface area contributed by atoms with Gasteiger partial charge in [0.1, 0.15) is 0 Å². The van der Waals surface area contributed by atoms with Crippen LogP contribution in [0.15, 0.2) is 66.7 Å². The highest BCUT2D eigenvalue weighted by Gasteiger charge is 2.61. The molecule has 7 rings (SSSR count). The minimum Gasteiger partial charge on any atom is -0.493 e. The molecule has 0 radical (unpaired) electrons. The first-order valence-corrected chi connectivity index (χ1v) is 11.4. The zero-order chi connectivity index (χ0) is 22.7. The van der Waals surface area contributed by atoms with Crippen LogP contribution in [0.4, 0.5) is 0 Å². The lowest BCUT2D eigenvalue weighted by Crippen LogP contribution is -2.41. The molecule has 0 saturated carbocycles. The molecule has 4 aliphatic rings. The average molecular weight is 440 g/mol. The summed E-state index contributed by atoms with van der Waals surface area (Å²) in [5.41, 5.74) is 5.80. The molecule has 3 aromatic rings. The van der Waals surface area contributed by atoms with Crippen molar-refractivity contribution < 1.29 is 19.1 Å². The standard InChI is InChI=1S/C28H25NO4/c1-32-21-12-11-16(15-22(21)33-2)13-14-29-27(30)25-23-17-7-3-4-8-18(17)24(26(25)28(29)31)20-10-6-5-9-19(20)23/h3-12,15,23-26H,13-14H2,1-2H3/t23?,24?,25-,26-/m0/s1. The lowest BCUT2D eigenvalue weighted by molar-refractivity contribution is -0.139. The molecule has 1 saturated heterocycles. The first-order valence-electron chi connectivity index (χ1n) is 11.4. The monoisotopic (exact) mass is 439 g/mol. The molecule has 1 fully saturated rings. The van der Waals surface area contributed by atoms with Crippen LogP contribution in [0.5, 0.6) is 11.5 Å². The Kier molecular flexibility index (Phi) is 4.54. The van der Waals surface area contributed by atoms with Crippen LogP contribution in [0, 0.1) is 11.8 Å². The summed E-state index contributed by atoms with van der Waals surface area (Å²) in [4.78, 5) is 28.8. The van der Waals surface area contributed by atoms with E-state index < -0.39 is 0 Å². The maximum Gasteiger partial charge on any atom is 0.234 e. The Bertz CT molecular complexity index is 1170. The van der Waals surface area contributed by atoms with E-state index in [9.17, 15) is 9.59 Å². The van der Waals surface area contributed by atoms with Crippen molar-refractivity contribution in [2.24, 2.45) is 11.8 Å². The summed E-state index contributed by atoms with van der Waals surface area (Å²) in [5, 5.41) is 0. The van der Waals surface area contributed by atoms with Crippen LogP contribution in [-0.4, -0.2) is 37.5 Å². The molecule has 0 aromatic heterocycles. The molecule has 1 heterocycles. The summed E-state index contributed by atoms with van der Waals surface area (Å²) >= 11 is 0. The van der Waals surface area contributed by atoms with Gasteiger partial charge in [-0.2, -0.15) is 0 Å². The van der Waals surface area contributed by atoms with Crippen molar-refractivity contribution in [3.05, 3.63) is 94.5 Å². The highest BCUT2D eigenvalue weighted by atomic mass is 16.5. The third kappa shape index (κ3) is 2.78. The number of ether oxygens (including phenoxy) is 2. The van der Waals surface area contributed by atoms with Gasteiger partial charge in [0.05, 0.1) is 26.1 Å². The molecule has 5 nitrogen and oxygen atoms in total.